The number of anilines is 2. The lowest BCUT2D eigenvalue weighted by Crippen LogP contribution is -1.90. The average Bonchev–Trinajstić information content (AvgIpc) is 2.64. The highest BCUT2D eigenvalue weighted by molar-refractivity contribution is 7.16. The molecule has 2 aromatic rings. The van der Waals surface area contributed by atoms with Crippen molar-refractivity contribution in [2.24, 2.45) is 0 Å². The summed E-state index contributed by atoms with van der Waals surface area (Å²) in [5.74, 6) is 0. The SMILES string of the molecule is Nc1scc(-c2nccs2)c1N. The molecule has 4 N–H and O–H groups in total. The molecule has 0 saturated heterocycles. The lowest BCUT2D eigenvalue weighted by Gasteiger charge is -1.93. The molecule has 0 radical (unpaired) electrons. The van der Waals surface area contributed by atoms with Crippen molar-refractivity contribution in [2.75, 3.05) is 11.5 Å². The number of nitrogen functional groups attached to an aromatic ring is 2. The smallest absolute Gasteiger partial charge is 0.126 e. The van der Waals surface area contributed by atoms with E-state index in [0.29, 0.717) is 10.7 Å². The van der Waals surface area contributed by atoms with Crippen molar-refractivity contribution < 1.29 is 0 Å². The van der Waals surface area contributed by atoms with Crippen molar-refractivity contribution >= 4 is 33.4 Å². The maximum absolute atomic E-state index is 5.75. The molecule has 0 fully saturated rings. The Morgan fingerprint density at radius 1 is 1.25 bits per heavy atom. The number of aromatic nitrogens is 1. The number of nitrogens with two attached hydrogens (primary N) is 2. The van der Waals surface area contributed by atoms with Gasteiger partial charge in [0.05, 0.1) is 5.69 Å². The number of thiazole rings is 1. The van der Waals surface area contributed by atoms with Gasteiger partial charge >= 0.3 is 0 Å². The zero-order chi connectivity index (χ0) is 8.55. The quantitative estimate of drug-likeness (QED) is 0.735. The van der Waals surface area contributed by atoms with E-state index in [4.69, 9.17) is 11.5 Å². The van der Waals surface area contributed by atoms with Crippen LogP contribution in [0, 0.1) is 0 Å². The summed E-state index contributed by atoms with van der Waals surface area (Å²) < 4.78 is 0. The van der Waals surface area contributed by atoms with Gasteiger partial charge in [-0.05, 0) is 0 Å². The molecule has 0 aliphatic heterocycles. The minimum Gasteiger partial charge on any atom is -0.396 e. The molecule has 0 amide bonds. The highest BCUT2D eigenvalue weighted by atomic mass is 32.1. The van der Waals surface area contributed by atoms with Gasteiger partial charge < -0.3 is 11.5 Å². The Balaban J connectivity index is 2.55. The fraction of sp³-hybridized carbons (Fsp3) is 0. The summed E-state index contributed by atoms with van der Waals surface area (Å²) in [6.07, 6.45) is 1.76. The lowest BCUT2D eigenvalue weighted by atomic mass is 10.3. The van der Waals surface area contributed by atoms with Crippen LogP contribution in [0.2, 0.25) is 0 Å². The van der Waals surface area contributed by atoms with E-state index in [9.17, 15) is 0 Å². The van der Waals surface area contributed by atoms with Crippen molar-refractivity contribution in [1.82, 2.24) is 4.98 Å². The Morgan fingerprint density at radius 2 is 2.08 bits per heavy atom. The third-order valence-corrected chi connectivity index (χ3v) is 3.16. The Bertz CT molecular complexity index is 377. The number of hydrogen-bond donors (Lipinski definition) is 2. The standard InChI is InChI=1S/C7H7N3S2/c8-5-4(3-12-6(5)9)7-10-1-2-11-7/h1-3H,8-9H2. The monoisotopic (exact) mass is 197 g/mol. The molecular weight excluding hydrogens is 190 g/mol. The Morgan fingerprint density at radius 3 is 2.58 bits per heavy atom. The third kappa shape index (κ3) is 1.07. The molecular formula is C7H7N3S2. The van der Waals surface area contributed by atoms with E-state index >= 15 is 0 Å². The second kappa shape index (κ2) is 2.76. The van der Waals surface area contributed by atoms with E-state index in [1.807, 2.05) is 10.8 Å². The molecule has 5 heteroatoms. The predicted molar refractivity (Wildman–Crippen MR) is 54.3 cm³/mol. The first-order chi connectivity index (χ1) is 5.79. The normalized spacial score (nSPS) is 10.3. The van der Waals surface area contributed by atoms with Crippen LogP contribution in [0.5, 0.6) is 0 Å². The molecule has 2 rings (SSSR count). The number of thiophene rings is 1. The van der Waals surface area contributed by atoms with E-state index in [-0.39, 0.29) is 0 Å². The van der Waals surface area contributed by atoms with Crippen LogP contribution in [0.25, 0.3) is 10.6 Å². The maximum atomic E-state index is 5.75. The zero-order valence-corrected chi connectivity index (χ0v) is 7.78. The summed E-state index contributed by atoms with van der Waals surface area (Å²) in [4.78, 5) is 4.15. The molecule has 12 heavy (non-hydrogen) atoms. The van der Waals surface area contributed by atoms with Crippen LogP contribution < -0.4 is 11.5 Å². The van der Waals surface area contributed by atoms with E-state index in [1.165, 1.54) is 11.3 Å². The molecule has 0 aliphatic rings. The van der Waals surface area contributed by atoms with Crippen molar-refractivity contribution in [3.63, 3.8) is 0 Å². The van der Waals surface area contributed by atoms with Crippen LogP contribution >= 0.6 is 22.7 Å². The van der Waals surface area contributed by atoms with E-state index in [0.717, 1.165) is 10.6 Å². The maximum Gasteiger partial charge on any atom is 0.126 e. The van der Waals surface area contributed by atoms with Crippen LogP contribution in [0.4, 0.5) is 10.7 Å². The van der Waals surface area contributed by atoms with Crippen LogP contribution in [-0.4, -0.2) is 4.98 Å². The lowest BCUT2D eigenvalue weighted by molar-refractivity contribution is 1.42. The molecule has 0 aliphatic carbocycles. The topological polar surface area (TPSA) is 64.9 Å². The molecule has 2 aromatic heterocycles. The zero-order valence-electron chi connectivity index (χ0n) is 6.15. The fourth-order valence-corrected chi connectivity index (χ4v) is 2.37. The highest BCUT2D eigenvalue weighted by Crippen LogP contribution is 2.36. The van der Waals surface area contributed by atoms with Crippen LogP contribution in [0.15, 0.2) is 17.0 Å². The molecule has 0 spiro atoms. The summed E-state index contributed by atoms with van der Waals surface area (Å²) in [7, 11) is 0. The first kappa shape index (κ1) is 7.57. The van der Waals surface area contributed by atoms with Gasteiger partial charge in [-0.3, -0.25) is 0 Å². The van der Waals surface area contributed by atoms with Crippen molar-refractivity contribution in [3.8, 4) is 10.6 Å². The molecule has 2 heterocycles. The Kier molecular flexibility index (Phi) is 1.74. The van der Waals surface area contributed by atoms with Gasteiger partial charge in [0.25, 0.3) is 0 Å². The largest absolute Gasteiger partial charge is 0.396 e. The Labute approximate surface area is 77.7 Å². The molecule has 0 saturated carbocycles. The van der Waals surface area contributed by atoms with Gasteiger partial charge in [-0.1, -0.05) is 0 Å². The van der Waals surface area contributed by atoms with E-state index in [2.05, 4.69) is 4.98 Å². The van der Waals surface area contributed by atoms with Crippen molar-refractivity contribution in [1.29, 1.82) is 0 Å². The van der Waals surface area contributed by atoms with Crippen LogP contribution in [-0.2, 0) is 0 Å². The van der Waals surface area contributed by atoms with Gasteiger partial charge in [0, 0.05) is 22.5 Å². The van der Waals surface area contributed by atoms with Gasteiger partial charge in [-0.15, -0.1) is 22.7 Å². The van der Waals surface area contributed by atoms with Crippen molar-refractivity contribution in [3.05, 3.63) is 17.0 Å². The summed E-state index contributed by atoms with van der Waals surface area (Å²) in [5.41, 5.74) is 13.0. The summed E-state index contributed by atoms with van der Waals surface area (Å²) >= 11 is 3.01. The van der Waals surface area contributed by atoms with Crippen LogP contribution in [0.1, 0.15) is 0 Å². The second-order valence-electron chi connectivity index (χ2n) is 2.26. The molecule has 0 atom stereocenters. The minimum absolute atomic E-state index is 0.648. The van der Waals surface area contributed by atoms with Crippen molar-refractivity contribution in [2.45, 2.75) is 0 Å². The third-order valence-electron chi connectivity index (χ3n) is 1.52. The molecule has 0 bridgehead atoms. The first-order valence-corrected chi connectivity index (χ1v) is 5.07. The first-order valence-electron chi connectivity index (χ1n) is 3.31. The van der Waals surface area contributed by atoms with Gasteiger partial charge in [-0.2, -0.15) is 0 Å². The number of rotatable bonds is 1. The molecule has 0 aromatic carbocycles. The minimum atomic E-state index is 0.648. The molecule has 3 nitrogen and oxygen atoms in total. The van der Waals surface area contributed by atoms with Gasteiger partial charge in [0.1, 0.15) is 10.0 Å². The molecule has 62 valence electrons. The van der Waals surface area contributed by atoms with Gasteiger partial charge in [0.15, 0.2) is 0 Å². The van der Waals surface area contributed by atoms with Crippen LogP contribution in [0.3, 0.4) is 0 Å². The second-order valence-corrected chi connectivity index (χ2v) is 4.07. The summed E-state index contributed by atoms with van der Waals surface area (Å²) in [5, 5.41) is 5.45. The van der Waals surface area contributed by atoms with Gasteiger partial charge in [0.2, 0.25) is 0 Å². The fourth-order valence-electron chi connectivity index (χ4n) is 0.904. The molecule has 0 unspecified atom stereocenters. The predicted octanol–water partition coefficient (Wildman–Crippen LogP) is 2.04. The number of nitrogens with zero attached hydrogens (tertiary/aromatic N) is 1. The number of hydrogen-bond acceptors (Lipinski definition) is 5. The van der Waals surface area contributed by atoms with E-state index < -0.39 is 0 Å². The van der Waals surface area contributed by atoms with Gasteiger partial charge in [-0.25, -0.2) is 4.98 Å². The van der Waals surface area contributed by atoms with E-state index in [1.54, 1.807) is 17.5 Å². The average molecular weight is 197 g/mol. The Hall–Kier alpha value is -1.07. The summed E-state index contributed by atoms with van der Waals surface area (Å²) in [6, 6.07) is 0. The summed E-state index contributed by atoms with van der Waals surface area (Å²) in [6.45, 7) is 0. The highest BCUT2D eigenvalue weighted by Gasteiger charge is 2.09.